The highest BCUT2D eigenvalue weighted by Crippen LogP contribution is 2.58. The number of carboxylic acid groups (broad SMARTS) is 1. The summed E-state index contributed by atoms with van der Waals surface area (Å²) in [6, 6.07) is 23.6. The summed E-state index contributed by atoms with van der Waals surface area (Å²) in [5.74, 6) is 1.46. The van der Waals surface area contributed by atoms with Crippen molar-refractivity contribution in [3.8, 4) is 5.75 Å². The largest absolute Gasteiger partial charge is 0.508 e. The van der Waals surface area contributed by atoms with Crippen molar-refractivity contribution in [2.75, 3.05) is 6.54 Å². The van der Waals surface area contributed by atoms with Gasteiger partial charge in [0.15, 0.2) is 0 Å². The van der Waals surface area contributed by atoms with E-state index < -0.39 is 17.3 Å². The fourth-order valence-electron chi connectivity index (χ4n) is 11.4. The molecule has 2 bridgehead atoms. The molecule has 4 heteroatoms. The number of carbonyl (C=O) groups is 1. The van der Waals surface area contributed by atoms with Crippen LogP contribution in [0.25, 0.3) is 18.2 Å². The van der Waals surface area contributed by atoms with Gasteiger partial charge in [-0.2, -0.15) is 0 Å². The number of carboxylic acids is 1. The second-order valence-electron chi connectivity index (χ2n) is 17.3. The van der Waals surface area contributed by atoms with Gasteiger partial charge in [-0.25, -0.2) is 0 Å². The first-order valence-corrected chi connectivity index (χ1v) is 21.1. The highest BCUT2D eigenvalue weighted by molar-refractivity contribution is 5.76. The van der Waals surface area contributed by atoms with Crippen molar-refractivity contribution in [2.24, 2.45) is 41.2 Å². The Balaban J connectivity index is 1.08. The number of nitrogens with two attached hydrogens (primary N) is 1. The Hall–Kier alpha value is -4.15. The van der Waals surface area contributed by atoms with Gasteiger partial charge in [0.1, 0.15) is 5.75 Å². The highest BCUT2D eigenvalue weighted by Gasteiger charge is 2.55. The average Bonchev–Trinajstić information content (AvgIpc) is 3.63. The number of hydrogen-bond acceptors (Lipinski definition) is 3. The lowest BCUT2D eigenvalue weighted by atomic mass is 9.49. The van der Waals surface area contributed by atoms with Crippen LogP contribution < -0.4 is 16.2 Å². The number of unbranched alkanes of at least 4 members (excludes halogenated alkanes) is 3. The minimum absolute atomic E-state index is 0.159. The van der Waals surface area contributed by atoms with Crippen LogP contribution in [-0.2, 0) is 16.6 Å². The van der Waals surface area contributed by atoms with Crippen molar-refractivity contribution in [3.05, 3.63) is 129 Å². The molecule has 8 rings (SSSR count). The molecule has 282 valence electrons. The third-order valence-corrected chi connectivity index (χ3v) is 14.1. The molecule has 0 saturated heterocycles. The Morgan fingerprint density at radius 1 is 0.852 bits per heavy atom. The third-order valence-electron chi connectivity index (χ3n) is 14.1. The van der Waals surface area contributed by atoms with Crippen LogP contribution in [0.1, 0.15) is 112 Å². The summed E-state index contributed by atoms with van der Waals surface area (Å²) in [4.78, 5) is 13.6. The van der Waals surface area contributed by atoms with Gasteiger partial charge in [-0.15, -0.1) is 0 Å². The second kappa shape index (κ2) is 16.3. The maximum atomic E-state index is 13.6. The van der Waals surface area contributed by atoms with E-state index in [1.807, 2.05) is 12.1 Å². The van der Waals surface area contributed by atoms with Crippen molar-refractivity contribution in [2.45, 2.75) is 101 Å². The number of fused-ring (bicyclic) bond motifs is 3. The summed E-state index contributed by atoms with van der Waals surface area (Å²) >= 11 is 0. The van der Waals surface area contributed by atoms with E-state index in [0.717, 1.165) is 51.0 Å². The molecule has 0 unspecified atom stereocenters. The molecule has 1 fully saturated rings. The maximum Gasteiger partial charge on any atom is 0.307 e. The van der Waals surface area contributed by atoms with E-state index in [1.54, 1.807) is 5.57 Å². The topological polar surface area (TPSA) is 83.6 Å². The van der Waals surface area contributed by atoms with Crippen LogP contribution in [0.3, 0.4) is 0 Å². The zero-order valence-electron chi connectivity index (χ0n) is 31.9. The normalized spacial score (nSPS) is 30.2. The van der Waals surface area contributed by atoms with Crippen LogP contribution in [0, 0.1) is 35.5 Å². The summed E-state index contributed by atoms with van der Waals surface area (Å²) in [6.07, 6.45) is 31.8. The third kappa shape index (κ3) is 7.56. The molecular weight excluding hydrogens is 663 g/mol. The molecule has 1 saturated carbocycles. The van der Waals surface area contributed by atoms with Crippen molar-refractivity contribution < 1.29 is 15.0 Å². The standard InChI is InChI=1S/C50H59NO3/c51-26-25-35-16-15-34(27-35)9-3-1-2-4-10-37-11-7-8-14-47(49(53)54)50-33-43-31-41-13-6-5-12-40(41)30-42(43)32-44(50)22-19-39-18-17-36(29-48(39)50)28-46(37)38-20-23-45(52)24-21-38/h5-8,12-13,17-24,27,29-31,34,37,42-44,46-47,52H,1-4,9-11,14-16,25-26,28,32-33,51H2,(H,53,54)/b8-7+/t34-,37+,42+,43-,44-,46+,47-,50+/m0/s1. The summed E-state index contributed by atoms with van der Waals surface area (Å²) in [5, 5.41) is 24.0. The van der Waals surface area contributed by atoms with E-state index in [1.165, 1.54) is 77.6 Å². The lowest BCUT2D eigenvalue weighted by Gasteiger charge is -2.54. The van der Waals surface area contributed by atoms with E-state index in [9.17, 15) is 15.0 Å². The SMILES string of the molecule is NCCC1=C[C@@H](CCCCCC[C@@H]2C/C=C/C[C@@H](C(=O)O)[C@@]34C[C@@H]5C=c6ccccc6=C[C@@H]5C[C@@H]3C=Cc3ccc(cc34)C[C@H]2c2ccc(O)cc2)CC1. The number of rotatable bonds is 11. The van der Waals surface area contributed by atoms with Crippen LogP contribution in [0.2, 0.25) is 0 Å². The van der Waals surface area contributed by atoms with E-state index in [4.69, 9.17) is 5.73 Å². The monoisotopic (exact) mass is 721 g/mol. The average molecular weight is 722 g/mol. The molecule has 0 aromatic heterocycles. The Labute approximate surface area is 322 Å². The molecule has 3 aromatic carbocycles. The number of aliphatic carboxylic acids is 1. The predicted octanol–water partition coefficient (Wildman–Crippen LogP) is 9.59. The summed E-state index contributed by atoms with van der Waals surface area (Å²) in [7, 11) is 0. The molecule has 0 radical (unpaired) electrons. The molecule has 1 spiro atoms. The first kappa shape index (κ1) is 36.8. The van der Waals surface area contributed by atoms with Crippen LogP contribution in [-0.4, -0.2) is 22.7 Å². The van der Waals surface area contributed by atoms with Crippen LogP contribution in [0.15, 0.2) is 96.6 Å². The maximum absolute atomic E-state index is 13.6. The molecule has 0 heterocycles. The van der Waals surface area contributed by atoms with Gasteiger partial charge in [-0.3, -0.25) is 4.79 Å². The van der Waals surface area contributed by atoms with Gasteiger partial charge in [-0.1, -0.05) is 128 Å². The number of allylic oxidation sites excluding steroid dienone is 4. The molecule has 3 aromatic rings. The lowest BCUT2D eigenvalue weighted by Crippen LogP contribution is -2.53. The van der Waals surface area contributed by atoms with Gasteiger partial charge in [-0.05, 0) is 151 Å². The number of phenolic OH excluding ortho intramolecular Hbond substituents is 1. The quantitative estimate of drug-likeness (QED) is 0.136. The number of hydrogen-bond donors (Lipinski definition) is 3. The van der Waals surface area contributed by atoms with Gasteiger partial charge < -0.3 is 15.9 Å². The summed E-state index contributed by atoms with van der Waals surface area (Å²) in [6.45, 7) is 0.764. The highest BCUT2D eigenvalue weighted by atomic mass is 16.4. The fourth-order valence-corrected chi connectivity index (χ4v) is 11.4. The van der Waals surface area contributed by atoms with Gasteiger partial charge in [0, 0.05) is 5.41 Å². The molecule has 5 aliphatic carbocycles. The molecule has 8 atom stereocenters. The molecule has 54 heavy (non-hydrogen) atoms. The molecular formula is C50H59NO3. The predicted molar refractivity (Wildman–Crippen MR) is 221 cm³/mol. The lowest BCUT2D eigenvalue weighted by molar-refractivity contribution is -0.146. The second-order valence-corrected chi connectivity index (χ2v) is 17.3. The van der Waals surface area contributed by atoms with Crippen molar-refractivity contribution in [1.82, 2.24) is 0 Å². The van der Waals surface area contributed by atoms with E-state index in [0.29, 0.717) is 35.8 Å². The molecule has 0 amide bonds. The number of phenols is 1. The minimum atomic E-state index is -0.672. The fraction of sp³-hybridized carbons (Fsp3) is 0.460. The van der Waals surface area contributed by atoms with E-state index >= 15 is 0 Å². The molecule has 4 nitrogen and oxygen atoms in total. The van der Waals surface area contributed by atoms with Crippen LogP contribution in [0.5, 0.6) is 5.75 Å². The van der Waals surface area contributed by atoms with Gasteiger partial charge in [0.2, 0.25) is 0 Å². The molecule has 5 aliphatic rings. The van der Waals surface area contributed by atoms with Crippen molar-refractivity contribution in [3.63, 3.8) is 0 Å². The summed E-state index contributed by atoms with van der Waals surface area (Å²) in [5.41, 5.74) is 11.9. The first-order chi connectivity index (χ1) is 26.4. The van der Waals surface area contributed by atoms with Crippen molar-refractivity contribution >= 4 is 24.2 Å². The molecule has 4 N–H and O–H groups in total. The van der Waals surface area contributed by atoms with Crippen LogP contribution in [0.4, 0.5) is 0 Å². The minimum Gasteiger partial charge on any atom is -0.508 e. The Kier molecular flexibility index (Phi) is 11.1. The van der Waals surface area contributed by atoms with Gasteiger partial charge in [0.25, 0.3) is 0 Å². The zero-order valence-corrected chi connectivity index (χ0v) is 31.9. The Morgan fingerprint density at radius 3 is 2.39 bits per heavy atom. The summed E-state index contributed by atoms with van der Waals surface area (Å²) < 4.78 is 0. The van der Waals surface area contributed by atoms with Crippen molar-refractivity contribution in [1.29, 1.82) is 0 Å². The number of aromatic hydroxyl groups is 1. The molecule has 0 aliphatic heterocycles. The van der Waals surface area contributed by atoms with Gasteiger partial charge >= 0.3 is 5.97 Å². The Bertz CT molecular complexity index is 2020. The smallest absolute Gasteiger partial charge is 0.307 e. The van der Waals surface area contributed by atoms with E-state index in [2.05, 4.69) is 97.1 Å². The van der Waals surface area contributed by atoms with Gasteiger partial charge in [0.05, 0.1) is 5.92 Å². The van der Waals surface area contributed by atoms with Crippen LogP contribution >= 0.6 is 0 Å². The Morgan fingerprint density at radius 2 is 1.61 bits per heavy atom. The number of benzene rings is 3. The first-order valence-electron chi connectivity index (χ1n) is 21.1. The zero-order chi connectivity index (χ0) is 37.1. The van der Waals surface area contributed by atoms with E-state index in [-0.39, 0.29) is 5.92 Å².